The topological polar surface area (TPSA) is 60.9 Å². The first kappa shape index (κ1) is 18.5. The highest BCUT2D eigenvalue weighted by atomic mass is 32.2. The molecule has 1 amide bonds. The number of rotatable bonds is 5. The number of carboxylic acid groups (broad SMARTS) is 1. The Labute approximate surface area is 151 Å². The number of amides is 1. The van der Waals surface area contributed by atoms with Crippen LogP contribution >= 0.6 is 24.0 Å². The van der Waals surface area contributed by atoms with Gasteiger partial charge in [-0.3, -0.25) is 9.69 Å². The second kappa shape index (κ2) is 7.36. The first-order valence-electron chi connectivity index (χ1n) is 7.49. The van der Waals surface area contributed by atoms with Crippen LogP contribution in [0.4, 0.5) is 5.69 Å². The van der Waals surface area contributed by atoms with E-state index in [4.69, 9.17) is 12.2 Å². The summed E-state index contributed by atoms with van der Waals surface area (Å²) in [7, 11) is 3.91. The van der Waals surface area contributed by atoms with Crippen molar-refractivity contribution >= 4 is 51.9 Å². The van der Waals surface area contributed by atoms with Gasteiger partial charge in [-0.15, -0.1) is 0 Å². The molecule has 1 aromatic rings. The van der Waals surface area contributed by atoms with Gasteiger partial charge in [0.2, 0.25) is 0 Å². The molecule has 0 saturated carbocycles. The van der Waals surface area contributed by atoms with Gasteiger partial charge in [-0.25, -0.2) is 4.79 Å². The number of thioether (sulfide) groups is 1. The van der Waals surface area contributed by atoms with E-state index in [0.717, 1.165) is 23.0 Å². The van der Waals surface area contributed by atoms with Crippen molar-refractivity contribution in [2.75, 3.05) is 19.0 Å². The molecule has 24 heavy (non-hydrogen) atoms. The number of nitrogens with zero attached hydrogens (tertiary/aromatic N) is 2. The number of benzene rings is 1. The molecule has 128 valence electrons. The van der Waals surface area contributed by atoms with Crippen molar-refractivity contribution in [3.8, 4) is 0 Å². The highest BCUT2D eigenvalue weighted by molar-refractivity contribution is 8.26. The molecule has 1 aliphatic rings. The van der Waals surface area contributed by atoms with Crippen molar-refractivity contribution in [3.63, 3.8) is 0 Å². The van der Waals surface area contributed by atoms with Crippen molar-refractivity contribution in [2.24, 2.45) is 5.92 Å². The van der Waals surface area contributed by atoms with Crippen molar-refractivity contribution in [2.45, 2.75) is 19.9 Å². The zero-order valence-electron chi connectivity index (χ0n) is 14.0. The third kappa shape index (κ3) is 3.79. The summed E-state index contributed by atoms with van der Waals surface area (Å²) in [5, 5.41) is 9.41. The minimum absolute atomic E-state index is 0.233. The van der Waals surface area contributed by atoms with Crippen LogP contribution < -0.4 is 4.90 Å². The Bertz CT molecular complexity index is 696. The quantitative estimate of drug-likeness (QED) is 0.640. The molecular weight excluding hydrogens is 344 g/mol. The largest absolute Gasteiger partial charge is 0.480 e. The lowest BCUT2D eigenvalue weighted by molar-refractivity contribution is -0.146. The summed E-state index contributed by atoms with van der Waals surface area (Å²) in [6.07, 6.45) is 1.75. The van der Waals surface area contributed by atoms with Gasteiger partial charge in [0, 0.05) is 19.8 Å². The average molecular weight is 364 g/mol. The van der Waals surface area contributed by atoms with E-state index in [1.54, 1.807) is 19.9 Å². The Morgan fingerprint density at radius 1 is 1.29 bits per heavy atom. The Morgan fingerprint density at radius 2 is 1.88 bits per heavy atom. The van der Waals surface area contributed by atoms with Crippen LogP contribution in [0.25, 0.3) is 6.08 Å². The molecule has 5 nitrogen and oxygen atoms in total. The van der Waals surface area contributed by atoms with Crippen LogP contribution in [0.1, 0.15) is 19.4 Å². The maximum Gasteiger partial charge on any atom is 0.327 e. The molecular formula is C17H20N2O3S2. The van der Waals surface area contributed by atoms with Gasteiger partial charge in [0.1, 0.15) is 10.4 Å². The lowest BCUT2D eigenvalue weighted by Crippen LogP contribution is -2.47. The number of aliphatic carboxylic acids is 1. The predicted octanol–water partition coefficient (Wildman–Crippen LogP) is 3.06. The van der Waals surface area contributed by atoms with E-state index in [0.29, 0.717) is 4.91 Å². The van der Waals surface area contributed by atoms with Crippen LogP contribution in [0.3, 0.4) is 0 Å². The van der Waals surface area contributed by atoms with Gasteiger partial charge in [-0.2, -0.15) is 0 Å². The second-order valence-corrected chi connectivity index (χ2v) is 7.74. The molecule has 0 radical (unpaired) electrons. The normalized spacial score (nSPS) is 17.7. The van der Waals surface area contributed by atoms with Gasteiger partial charge >= 0.3 is 5.97 Å². The minimum atomic E-state index is -1.04. The number of hydrogen-bond acceptors (Lipinski definition) is 5. The van der Waals surface area contributed by atoms with Crippen LogP contribution in [0.5, 0.6) is 0 Å². The van der Waals surface area contributed by atoms with E-state index in [1.165, 1.54) is 4.90 Å². The van der Waals surface area contributed by atoms with Crippen LogP contribution in [-0.2, 0) is 9.59 Å². The van der Waals surface area contributed by atoms with Crippen molar-refractivity contribution in [1.29, 1.82) is 0 Å². The molecule has 2 rings (SSSR count). The van der Waals surface area contributed by atoms with Gasteiger partial charge in [-0.1, -0.05) is 50.0 Å². The molecule has 1 fully saturated rings. The van der Waals surface area contributed by atoms with Crippen LogP contribution in [-0.4, -0.2) is 46.3 Å². The SMILES string of the molecule is CC(C)[C@@H](C(=O)O)N1C(=O)/C(=C/c2ccc(N(C)C)cc2)SC1=S. The summed E-state index contributed by atoms with van der Waals surface area (Å²) < 4.78 is 0.289. The van der Waals surface area contributed by atoms with Crippen molar-refractivity contribution in [3.05, 3.63) is 34.7 Å². The van der Waals surface area contributed by atoms with Crippen molar-refractivity contribution < 1.29 is 14.7 Å². The van der Waals surface area contributed by atoms with Gasteiger partial charge in [0.05, 0.1) is 4.91 Å². The van der Waals surface area contributed by atoms with E-state index in [1.807, 2.05) is 43.3 Å². The zero-order chi connectivity index (χ0) is 18.0. The molecule has 0 bridgehead atoms. The Kier molecular flexibility index (Phi) is 5.66. The fraction of sp³-hybridized carbons (Fsp3) is 0.353. The Hall–Kier alpha value is -1.86. The van der Waals surface area contributed by atoms with E-state index in [2.05, 4.69) is 0 Å². The fourth-order valence-electron chi connectivity index (χ4n) is 2.43. The number of carbonyl (C=O) groups excluding carboxylic acids is 1. The minimum Gasteiger partial charge on any atom is -0.480 e. The van der Waals surface area contributed by atoms with Crippen LogP contribution in [0.2, 0.25) is 0 Å². The summed E-state index contributed by atoms with van der Waals surface area (Å²) in [6.45, 7) is 3.53. The van der Waals surface area contributed by atoms with Crippen LogP contribution in [0.15, 0.2) is 29.2 Å². The highest BCUT2D eigenvalue weighted by Crippen LogP contribution is 2.35. The molecule has 0 aliphatic carbocycles. The molecule has 7 heteroatoms. The van der Waals surface area contributed by atoms with Gasteiger partial charge in [0.25, 0.3) is 5.91 Å². The first-order chi connectivity index (χ1) is 11.2. The third-order valence-electron chi connectivity index (χ3n) is 3.69. The number of carboxylic acids is 1. The first-order valence-corrected chi connectivity index (χ1v) is 8.72. The number of carbonyl (C=O) groups is 2. The number of thiocarbonyl (C=S) groups is 1. The van der Waals surface area contributed by atoms with E-state index in [-0.39, 0.29) is 16.1 Å². The summed E-state index contributed by atoms with van der Waals surface area (Å²) in [5.74, 6) is -1.62. The molecule has 1 N–H and O–H groups in total. The summed E-state index contributed by atoms with van der Waals surface area (Å²) in [6, 6.07) is 6.80. The van der Waals surface area contributed by atoms with Crippen LogP contribution in [0, 0.1) is 5.92 Å². The third-order valence-corrected chi connectivity index (χ3v) is 5.02. The molecule has 1 aliphatic heterocycles. The summed E-state index contributed by atoms with van der Waals surface area (Å²) >= 11 is 6.38. The smallest absolute Gasteiger partial charge is 0.327 e. The lowest BCUT2D eigenvalue weighted by atomic mass is 10.0. The van der Waals surface area contributed by atoms with Crippen molar-refractivity contribution in [1.82, 2.24) is 4.90 Å². The van der Waals surface area contributed by atoms with E-state index in [9.17, 15) is 14.7 Å². The van der Waals surface area contributed by atoms with E-state index >= 15 is 0 Å². The molecule has 1 heterocycles. The number of anilines is 1. The average Bonchev–Trinajstić information content (AvgIpc) is 2.75. The maximum atomic E-state index is 12.6. The molecule has 1 atom stereocenters. The number of hydrogen-bond donors (Lipinski definition) is 1. The highest BCUT2D eigenvalue weighted by Gasteiger charge is 2.41. The maximum absolute atomic E-state index is 12.6. The fourth-order valence-corrected chi connectivity index (χ4v) is 3.76. The Balaban J connectivity index is 2.29. The Morgan fingerprint density at radius 3 is 2.33 bits per heavy atom. The lowest BCUT2D eigenvalue weighted by Gasteiger charge is -2.26. The molecule has 1 saturated heterocycles. The summed E-state index contributed by atoms with van der Waals surface area (Å²) in [4.78, 5) is 27.8. The molecule has 0 unspecified atom stereocenters. The van der Waals surface area contributed by atoms with Gasteiger partial charge in [0.15, 0.2) is 0 Å². The van der Waals surface area contributed by atoms with Gasteiger partial charge < -0.3 is 10.0 Å². The van der Waals surface area contributed by atoms with E-state index < -0.39 is 12.0 Å². The van der Waals surface area contributed by atoms with Gasteiger partial charge in [-0.05, 0) is 29.7 Å². The molecule has 0 aromatic heterocycles. The molecule has 0 spiro atoms. The zero-order valence-corrected chi connectivity index (χ0v) is 15.6. The second-order valence-electron chi connectivity index (χ2n) is 6.06. The molecule has 1 aromatic carbocycles. The standard InChI is InChI=1S/C17H20N2O3S2/c1-10(2)14(16(21)22)19-15(20)13(24-17(19)23)9-11-5-7-12(8-6-11)18(3)4/h5-10,14H,1-4H3,(H,21,22)/b13-9-/t14-/m0/s1. The monoisotopic (exact) mass is 364 g/mol. The predicted molar refractivity (Wildman–Crippen MR) is 102 cm³/mol. The summed E-state index contributed by atoms with van der Waals surface area (Å²) in [5.41, 5.74) is 1.93.